The number of aryl methyl sites for hydroxylation is 1. The SMILES string of the molecule is C=CC.OCCCc1ccc(C(F)(F)F)cc1. The van der Waals surface area contributed by atoms with Gasteiger partial charge in [-0.05, 0) is 37.5 Å². The molecule has 0 unspecified atom stereocenters. The molecule has 1 aromatic carbocycles. The zero-order chi connectivity index (χ0) is 13.3. The highest BCUT2D eigenvalue weighted by molar-refractivity contribution is 5.24. The van der Waals surface area contributed by atoms with Gasteiger partial charge in [0.2, 0.25) is 0 Å². The van der Waals surface area contributed by atoms with Crippen molar-refractivity contribution in [2.75, 3.05) is 6.61 Å². The zero-order valence-electron chi connectivity index (χ0n) is 9.80. The number of hydrogen-bond donors (Lipinski definition) is 1. The standard InChI is InChI=1S/C10H11F3O.C3H6/c11-10(12,13)9-5-3-8(4-6-9)2-1-7-14;1-3-2/h3-6,14H,1-2,7H2;3H,1H2,2H3. The van der Waals surface area contributed by atoms with Gasteiger partial charge >= 0.3 is 6.18 Å². The monoisotopic (exact) mass is 246 g/mol. The lowest BCUT2D eigenvalue weighted by atomic mass is 10.1. The highest BCUT2D eigenvalue weighted by atomic mass is 19.4. The summed E-state index contributed by atoms with van der Waals surface area (Å²) in [4.78, 5) is 0. The van der Waals surface area contributed by atoms with E-state index in [2.05, 4.69) is 6.58 Å². The van der Waals surface area contributed by atoms with Crippen molar-refractivity contribution in [2.24, 2.45) is 0 Å². The van der Waals surface area contributed by atoms with Crippen LogP contribution in [0.25, 0.3) is 0 Å². The van der Waals surface area contributed by atoms with Crippen LogP contribution in [0.5, 0.6) is 0 Å². The van der Waals surface area contributed by atoms with Crippen LogP contribution in [0.1, 0.15) is 24.5 Å². The van der Waals surface area contributed by atoms with E-state index in [-0.39, 0.29) is 6.61 Å². The van der Waals surface area contributed by atoms with Crippen LogP contribution in [0.2, 0.25) is 0 Å². The van der Waals surface area contributed by atoms with Crippen molar-refractivity contribution in [3.8, 4) is 0 Å². The van der Waals surface area contributed by atoms with Crippen LogP contribution in [0, 0.1) is 0 Å². The molecule has 0 aromatic heterocycles. The first kappa shape index (κ1) is 15.7. The molecule has 1 N–H and O–H groups in total. The normalized spacial score (nSPS) is 10.4. The third-order valence-electron chi connectivity index (χ3n) is 1.90. The summed E-state index contributed by atoms with van der Waals surface area (Å²) in [6.45, 7) is 5.31. The van der Waals surface area contributed by atoms with Crippen molar-refractivity contribution in [3.05, 3.63) is 48.0 Å². The van der Waals surface area contributed by atoms with Gasteiger partial charge in [-0.1, -0.05) is 18.2 Å². The van der Waals surface area contributed by atoms with Crippen LogP contribution in [-0.4, -0.2) is 11.7 Å². The van der Waals surface area contributed by atoms with Gasteiger partial charge in [-0.25, -0.2) is 0 Å². The number of halogens is 3. The third-order valence-corrected chi connectivity index (χ3v) is 1.90. The average Bonchev–Trinajstić information content (AvgIpc) is 2.27. The molecule has 0 radical (unpaired) electrons. The van der Waals surface area contributed by atoms with Gasteiger partial charge in [0.25, 0.3) is 0 Å². The van der Waals surface area contributed by atoms with E-state index in [4.69, 9.17) is 5.11 Å². The maximum Gasteiger partial charge on any atom is 0.416 e. The molecule has 1 aromatic rings. The Bertz CT molecular complexity index is 314. The summed E-state index contributed by atoms with van der Waals surface area (Å²) in [6.07, 6.45) is -1.34. The second kappa shape index (κ2) is 7.90. The summed E-state index contributed by atoms with van der Waals surface area (Å²) < 4.78 is 36.4. The van der Waals surface area contributed by atoms with Gasteiger partial charge in [0.15, 0.2) is 0 Å². The molecule has 1 nitrogen and oxygen atoms in total. The summed E-state index contributed by atoms with van der Waals surface area (Å²) in [5.41, 5.74) is 0.178. The smallest absolute Gasteiger partial charge is 0.396 e. The van der Waals surface area contributed by atoms with Crippen molar-refractivity contribution >= 4 is 0 Å². The molecule has 96 valence electrons. The second-order valence-corrected chi connectivity index (χ2v) is 3.43. The van der Waals surface area contributed by atoms with Gasteiger partial charge in [0.05, 0.1) is 5.56 Å². The Morgan fingerprint density at radius 2 is 1.71 bits per heavy atom. The molecule has 0 fully saturated rings. The molecule has 0 atom stereocenters. The van der Waals surface area contributed by atoms with E-state index in [1.54, 1.807) is 6.08 Å². The third kappa shape index (κ3) is 6.79. The number of rotatable bonds is 3. The first-order valence-electron chi connectivity index (χ1n) is 5.29. The number of benzene rings is 1. The Labute approximate surface area is 99.6 Å². The van der Waals surface area contributed by atoms with Gasteiger partial charge < -0.3 is 5.11 Å². The van der Waals surface area contributed by atoms with E-state index in [1.165, 1.54) is 12.1 Å². The fraction of sp³-hybridized carbons (Fsp3) is 0.385. The van der Waals surface area contributed by atoms with Gasteiger partial charge in [0.1, 0.15) is 0 Å². The van der Waals surface area contributed by atoms with Gasteiger partial charge in [-0.15, -0.1) is 6.58 Å². The average molecular weight is 246 g/mol. The van der Waals surface area contributed by atoms with Crippen molar-refractivity contribution in [3.63, 3.8) is 0 Å². The van der Waals surface area contributed by atoms with Crippen molar-refractivity contribution in [1.82, 2.24) is 0 Å². The molecular weight excluding hydrogens is 229 g/mol. The highest BCUT2D eigenvalue weighted by Crippen LogP contribution is 2.29. The molecular formula is C13H17F3O. The topological polar surface area (TPSA) is 20.2 Å². The number of allylic oxidation sites excluding steroid dienone is 1. The minimum atomic E-state index is -4.27. The Morgan fingerprint density at radius 1 is 1.24 bits per heavy atom. The van der Waals surface area contributed by atoms with Crippen molar-refractivity contribution < 1.29 is 18.3 Å². The van der Waals surface area contributed by atoms with Crippen LogP contribution < -0.4 is 0 Å². The quantitative estimate of drug-likeness (QED) is 0.804. The minimum absolute atomic E-state index is 0.0566. The van der Waals surface area contributed by atoms with Crippen LogP contribution >= 0.6 is 0 Å². The summed E-state index contributed by atoms with van der Waals surface area (Å²) in [5, 5.41) is 8.53. The summed E-state index contributed by atoms with van der Waals surface area (Å²) in [6, 6.07) is 5.01. The lowest BCUT2D eigenvalue weighted by Gasteiger charge is -2.06. The van der Waals surface area contributed by atoms with Gasteiger partial charge in [-0.3, -0.25) is 0 Å². The van der Waals surface area contributed by atoms with Crippen LogP contribution in [0.3, 0.4) is 0 Å². The fourth-order valence-electron chi connectivity index (χ4n) is 1.14. The predicted octanol–water partition coefficient (Wildman–Crippen LogP) is 3.82. The van der Waals surface area contributed by atoms with Crippen LogP contribution in [0.4, 0.5) is 13.2 Å². The van der Waals surface area contributed by atoms with E-state index in [0.29, 0.717) is 12.8 Å². The zero-order valence-corrected chi connectivity index (χ0v) is 9.80. The number of aliphatic hydroxyl groups is 1. The van der Waals surface area contributed by atoms with E-state index in [0.717, 1.165) is 17.7 Å². The predicted molar refractivity (Wildman–Crippen MR) is 62.7 cm³/mol. The van der Waals surface area contributed by atoms with Gasteiger partial charge in [-0.2, -0.15) is 13.2 Å². The fourth-order valence-corrected chi connectivity index (χ4v) is 1.14. The number of aliphatic hydroxyl groups excluding tert-OH is 1. The van der Waals surface area contributed by atoms with Crippen LogP contribution in [-0.2, 0) is 12.6 Å². The van der Waals surface area contributed by atoms with E-state index < -0.39 is 11.7 Å². The molecule has 0 aliphatic rings. The highest BCUT2D eigenvalue weighted by Gasteiger charge is 2.29. The van der Waals surface area contributed by atoms with Crippen molar-refractivity contribution in [2.45, 2.75) is 25.9 Å². The van der Waals surface area contributed by atoms with E-state index >= 15 is 0 Å². The van der Waals surface area contributed by atoms with E-state index in [9.17, 15) is 13.2 Å². The first-order chi connectivity index (χ1) is 7.95. The molecule has 0 amide bonds. The molecule has 0 aliphatic heterocycles. The van der Waals surface area contributed by atoms with Crippen molar-refractivity contribution in [1.29, 1.82) is 0 Å². The molecule has 0 saturated carbocycles. The maximum absolute atomic E-state index is 12.1. The Hall–Kier alpha value is -1.29. The lowest BCUT2D eigenvalue weighted by Crippen LogP contribution is -2.04. The molecule has 0 aliphatic carbocycles. The summed E-state index contributed by atoms with van der Waals surface area (Å²) in [7, 11) is 0. The molecule has 0 bridgehead atoms. The molecule has 1 rings (SSSR count). The molecule has 4 heteroatoms. The minimum Gasteiger partial charge on any atom is -0.396 e. The summed E-state index contributed by atoms with van der Waals surface area (Å²) >= 11 is 0. The molecule has 0 heterocycles. The lowest BCUT2D eigenvalue weighted by molar-refractivity contribution is -0.137. The Balaban J connectivity index is 0.000000770. The van der Waals surface area contributed by atoms with E-state index in [1.807, 2.05) is 6.92 Å². The second-order valence-electron chi connectivity index (χ2n) is 3.43. The van der Waals surface area contributed by atoms with Crippen LogP contribution in [0.15, 0.2) is 36.9 Å². The maximum atomic E-state index is 12.1. The number of hydrogen-bond acceptors (Lipinski definition) is 1. The Kier molecular flexibility index (Phi) is 7.30. The largest absolute Gasteiger partial charge is 0.416 e. The first-order valence-corrected chi connectivity index (χ1v) is 5.29. The van der Waals surface area contributed by atoms with Gasteiger partial charge in [0, 0.05) is 6.61 Å². The molecule has 0 saturated heterocycles. The Morgan fingerprint density at radius 3 is 2.06 bits per heavy atom. The molecule has 17 heavy (non-hydrogen) atoms. The number of alkyl halides is 3. The molecule has 0 spiro atoms. The summed E-state index contributed by atoms with van der Waals surface area (Å²) in [5.74, 6) is 0.